The molecule has 1 saturated heterocycles. The summed E-state index contributed by atoms with van der Waals surface area (Å²) < 4.78 is 2.20. The fourth-order valence-electron chi connectivity index (χ4n) is 3.33. The van der Waals surface area contributed by atoms with Gasteiger partial charge >= 0.3 is 0 Å². The molecule has 0 unspecified atom stereocenters. The van der Waals surface area contributed by atoms with Crippen LogP contribution >= 0.6 is 0 Å². The number of pyridine rings is 1. The van der Waals surface area contributed by atoms with Crippen molar-refractivity contribution in [2.75, 3.05) is 18.0 Å². The molecule has 4 rings (SSSR count). The van der Waals surface area contributed by atoms with Gasteiger partial charge in [-0.1, -0.05) is 12.1 Å². The van der Waals surface area contributed by atoms with E-state index in [-0.39, 0.29) is 0 Å². The van der Waals surface area contributed by atoms with E-state index in [1.165, 1.54) is 18.7 Å². The van der Waals surface area contributed by atoms with Crippen molar-refractivity contribution in [3.05, 3.63) is 41.5 Å². The summed E-state index contributed by atoms with van der Waals surface area (Å²) in [5.74, 6) is 1.19. The number of anilines is 1. The van der Waals surface area contributed by atoms with Gasteiger partial charge in [0.25, 0.3) is 0 Å². The lowest BCUT2D eigenvalue weighted by Gasteiger charge is -2.14. The van der Waals surface area contributed by atoms with Crippen molar-refractivity contribution in [1.29, 1.82) is 5.26 Å². The van der Waals surface area contributed by atoms with E-state index in [4.69, 9.17) is 0 Å². The number of aryl methyl sites for hydroxylation is 1. The summed E-state index contributed by atoms with van der Waals surface area (Å²) >= 11 is 0. The third-order valence-corrected chi connectivity index (χ3v) is 4.37. The predicted octanol–water partition coefficient (Wildman–Crippen LogP) is 2.69. The Morgan fingerprint density at radius 1 is 1.24 bits per heavy atom. The number of para-hydroxylation sites is 2. The van der Waals surface area contributed by atoms with Gasteiger partial charge in [0.05, 0.1) is 13.1 Å². The third kappa shape index (κ3) is 1.71. The highest BCUT2D eigenvalue weighted by atomic mass is 15.2. The second kappa shape index (κ2) is 4.49. The number of benzene rings is 1. The number of H-pyrrole nitrogens is 1. The van der Waals surface area contributed by atoms with Gasteiger partial charge in [-0.25, -0.2) is 0 Å². The molecule has 104 valence electrons. The first kappa shape index (κ1) is 12.2. The van der Waals surface area contributed by atoms with Crippen LogP contribution in [0.25, 0.3) is 16.7 Å². The highest BCUT2D eigenvalue weighted by molar-refractivity contribution is 5.77. The number of nitrogens with zero attached hydrogens (tertiary/aromatic N) is 3. The average molecular weight is 277 g/mol. The van der Waals surface area contributed by atoms with Crippen LogP contribution < -0.4 is 9.30 Å². The zero-order chi connectivity index (χ0) is 14.4. The van der Waals surface area contributed by atoms with E-state index in [1.807, 2.05) is 19.1 Å². The minimum Gasteiger partial charge on any atom is -0.292 e. The van der Waals surface area contributed by atoms with Gasteiger partial charge in [0, 0.05) is 6.07 Å². The van der Waals surface area contributed by atoms with Gasteiger partial charge in [-0.2, -0.15) is 9.66 Å². The first-order chi connectivity index (χ1) is 10.3. The Morgan fingerprint density at radius 3 is 2.76 bits per heavy atom. The maximum Gasteiger partial charge on any atom is 0.250 e. The number of rotatable bonds is 1. The molecule has 4 heteroatoms. The van der Waals surface area contributed by atoms with Gasteiger partial charge in [-0.15, -0.1) is 0 Å². The molecule has 4 nitrogen and oxygen atoms in total. The van der Waals surface area contributed by atoms with Crippen molar-refractivity contribution in [2.45, 2.75) is 19.8 Å². The van der Waals surface area contributed by atoms with Crippen molar-refractivity contribution in [3.8, 4) is 6.07 Å². The molecule has 1 aliphatic heterocycles. The standard InChI is InChI=1S/C17H16N4/c1-12-10-16(20-8-4-5-9-20)21-15-7-3-2-6-14(15)19-17(21)13(12)11-18/h2-3,6-7,10H,4-5,8-9H2,1H3/p+1. The van der Waals surface area contributed by atoms with Crippen LogP contribution in [0.5, 0.6) is 0 Å². The number of fused-ring (bicyclic) bond motifs is 3. The number of aromatic amines is 1. The Kier molecular flexibility index (Phi) is 2.61. The average Bonchev–Trinajstić information content (AvgIpc) is 3.14. The monoisotopic (exact) mass is 277 g/mol. The fraction of sp³-hybridized carbons (Fsp3) is 0.294. The predicted molar refractivity (Wildman–Crippen MR) is 82.4 cm³/mol. The normalized spacial score (nSPS) is 15.0. The smallest absolute Gasteiger partial charge is 0.250 e. The molecule has 2 aromatic heterocycles. The summed E-state index contributed by atoms with van der Waals surface area (Å²) in [6.45, 7) is 4.20. The molecule has 21 heavy (non-hydrogen) atoms. The van der Waals surface area contributed by atoms with E-state index in [9.17, 15) is 5.26 Å². The molecule has 3 heterocycles. The van der Waals surface area contributed by atoms with Gasteiger partial charge in [0.1, 0.15) is 22.7 Å². The SMILES string of the molecule is Cc1cc(N2CCCC2)[n+]2c([nH]c3ccccc32)c1C#N. The van der Waals surface area contributed by atoms with Crippen LogP contribution in [0.15, 0.2) is 30.3 Å². The summed E-state index contributed by atoms with van der Waals surface area (Å²) in [7, 11) is 0. The quantitative estimate of drug-likeness (QED) is 0.695. The first-order valence-electron chi connectivity index (χ1n) is 7.41. The zero-order valence-electron chi connectivity index (χ0n) is 12.1. The van der Waals surface area contributed by atoms with Gasteiger partial charge in [-0.05, 0) is 37.5 Å². The van der Waals surface area contributed by atoms with Gasteiger partial charge in [0.15, 0.2) is 0 Å². The lowest BCUT2D eigenvalue weighted by atomic mass is 10.1. The Hall–Kier alpha value is -2.54. The van der Waals surface area contributed by atoms with Crippen LogP contribution in [0.2, 0.25) is 0 Å². The highest BCUT2D eigenvalue weighted by Crippen LogP contribution is 2.24. The van der Waals surface area contributed by atoms with E-state index in [2.05, 4.69) is 38.6 Å². The summed E-state index contributed by atoms with van der Waals surface area (Å²) in [5.41, 5.74) is 4.87. The van der Waals surface area contributed by atoms with Gasteiger partial charge in [-0.3, -0.25) is 9.88 Å². The molecular weight excluding hydrogens is 260 g/mol. The number of imidazole rings is 1. The molecule has 0 bridgehead atoms. The van der Waals surface area contributed by atoms with Crippen LogP contribution in [-0.4, -0.2) is 18.1 Å². The van der Waals surface area contributed by atoms with E-state index < -0.39 is 0 Å². The van der Waals surface area contributed by atoms with Crippen molar-refractivity contribution in [2.24, 2.45) is 0 Å². The maximum atomic E-state index is 9.50. The molecule has 1 aliphatic rings. The second-order valence-electron chi connectivity index (χ2n) is 5.69. The van der Waals surface area contributed by atoms with Crippen LogP contribution in [0, 0.1) is 18.3 Å². The van der Waals surface area contributed by atoms with Crippen LogP contribution in [0.3, 0.4) is 0 Å². The molecule has 1 aromatic carbocycles. The van der Waals surface area contributed by atoms with Crippen LogP contribution in [0.1, 0.15) is 24.0 Å². The van der Waals surface area contributed by atoms with E-state index in [1.54, 1.807) is 0 Å². The summed E-state index contributed by atoms with van der Waals surface area (Å²) in [6.07, 6.45) is 2.48. The molecule has 1 N–H and O–H groups in total. The Bertz CT molecular complexity index is 879. The van der Waals surface area contributed by atoms with Crippen LogP contribution in [-0.2, 0) is 0 Å². The lowest BCUT2D eigenvalue weighted by molar-refractivity contribution is -0.467. The van der Waals surface area contributed by atoms with Gasteiger partial charge in [0.2, 0.25) is 11.5 Å². The van der Waals surface area contributed by atoms with E-state index >= 15 is 0 Å². The Balaban J connectivity index is 2.15. The number of aromatic nitrogens is 2. The summed E-state index contributed by atoms with van der Waals surface area (Å²) in [6, 6.07) is 12.7. The lowest BCUT2D eigenvalue weighted by Crippen LogP contribution is -2.34. The number of hydrogen-bond acceptors (Lipinski definition) is 2. The molecule has 1 fully saturated rings. The van der Waals surface area contributed by atoms with Crippen molar-refractivity contribution in [3.63, 3.8) is 0 Å². The third-order valence-electron chi connectivity index (χ3n) is 4.37. The first-order valence-corrected chi connectivity index (χ1v) is 7.41. The summed E-state index contributed by atoms with van der Waals surface area (Å²) in [4.78, 5) is 5.83. The minimum atomic E-state index is 0.731. The molecular formula is C17H17N4+. The molecule has 0 amide bonds. The number of nitrogens with one attached hydrogen (secondary N) is 1. The topological polar surface area (TPSA) is 46.9 Å². The van der Waals surface area contributed by atoms with Gasteiger partial charge < -0.3 is 0 Å². The largest absolute Gasteiger partial charge is 0.292 e. The number of nitriles is 1. The Morgan fingerprint density at radius 2 is 2.00 bits per heavy atom. The van der Waals surface area contributed by atoms with Crippen LogP contribution in [0.4, 0.5) is 5.82 Å². The Labute approximate surface area is 123 Å². The van der Waals surface area contributed by atoms with E-state index in [0.29, 0.717) is 0 Å². The molecule has 0 atom stereocenters. The van der Waals surface area contributed by atoms with Crippen molar-refractivity contribution >= 4 is 22.5 Å². The van der Waals surface area contributed by atoms with E-state index in [0.717, 1.165) is 40.9 Å². The summed E-state index contributed by atoms with van der Waals surface area (Å²) in [5, 5.41) is 9.50. The van der Waals surface area contributed by atoms with Crippen molar-refractivity contribution in [1.82, 2.24) is 4.98 Å². The second-order valence-corrected chi connectivity index (χ2v) is 5.69. The maximum absolute atomic E-state index is 9.50. The molecule has 0 saturated carbocycles. The molecule has 3 aromatic rings. The highest BCUT2D eigenvalue weighted by Gasteiger charge is 2.26. The minimum absolute atomic E-state index is 0.731. The fourth-order valence-corrected chi connectivity index (χ4v) is 3.33. The molecule has 0 radical (unpaired) electrons. The molecule has 0 spiro atoms. The zero-order valence-corrected chi connectivity index (χ0v) is 12.1. The van der Waals surface area contributed by atoms with Crippen molar-refractivity contribution < 1.29 is 4.40 Å². The number of hydrogen-bond donors (Lipinski definition) is 1. The molecule has 0 aliphatic carbocycles.